The number of nitrogens with zero attached hydrogens (tertiary/aromatic N) is 1. The minimum atomic E-state index is -0.285. The fourth-order valence-electron chi connectivity index (χ4n) is 1.74. The molecule has 0 atom stereocenters. The molecule has 19 heavy (non-hydrogen) atoms. The molecule has 96 valence electrons. The van der Waals surface area contributed by atoms with Crippen molar-refractivity contribution in [2.75, 3.05) is 17.2 Å². The van der Waals surface area contributed by atoms with Crippen molar-refractivity contribution < 1.29 is 14.3 Å². The van der Waals surface area contributed by atoms with Gasteiger partial charge in [-0.15, -0.1) is 0 Å². The van der Waals surface area contributed by atoms with Gasteiger partial charge >= 0.3 is 0 Å². The maximum Gasteiger partial charge on any atom is 0.262 e. The standard InChI is InChI=1S/C12H10N4O3/c17-11-6-19-9-5-7(1-2-8(9)14-11)12(18)15-10-3-4-13-16-10/h1-5H,6H2,(H,14,17)(H2,13,15,16,18). The summed E-state index contributed by atoms with van der Waals surface area (Å²) in [6, 6.07) is 6.47. The number of rotatable bonds is 2. The normalized spacial score (nSPS) is 13.2. The molecule has 2 heterocycles. The molecule has 0 saturated carbocycles. The fourth-order valence-corrected chi connectivity index (χ4v) is 1.74. The number of carbonyl (C=O) groups excluding carboxylic acids is 2. The Balaban J connectivity index is 1.82. The van der Waals surface area contributed by atoms with Gasteiger partial charge in [-0.25, -0.2) is 0 Å². The number of carbonyl (C=O) groups is 2. The van der Waals surface area contributed by atoms with Crippen LogP contribution in [0.2, 0.25) is 0 Å². The summed E-state index contributed by atoms with van der Waals surface area (Å²) < 4.78 is 5.25. The molecule has 7 nitrogen and oxygen atoms in total. The van der Waals surface area contributed by atoms with Crippen LogP contribution in [0, 0.1) is 0 Å². The number of nitrogens with one attached hydrogen (secondary N) is 3. The van der Waals surface area contributed by atoms with Gasteiger partial charge in [-0.05, 0) is 18.2 Å². The van der Waals surface area contributed by atoms with Crippen LogP contribution < -0.4 is 15.4 Å². The van der Waals surface area contributed by atoms with E-state index in [9.17, 15) is 9.59 Å². The Morgan fingerprint density at radius 1 is 1.37 bits per heavy atom. The zero-order chi connectivity index (χ0) is 13.2. The molecule has 1 aromatic heterocycles. The van der Waals surface area contributed by atoms with Gasteiger partial charge in [-0.3, -0.25) is 14.7 Å². The van der Waals surface area contributed by atoms with Gasteiger partial charge in [-0.2, -0.15) is 5.10 Å². The maximum absolute atomic E-state index is 12.0. The van der Waals surface area contributed by atoms with Crippen molar-refractivity contribution in [1.29, 1.82) is 0 Å². The van der Waals surface area contributed by atoms with Crippen molar-refractivity contribution >= 4 is 23.3 Å². The van der Waals surface area contributed by atoms with E-state index in [1.807, 2.05) is 0 Å². The monoisotopic (exact) mass is 258 g/mol. The molecule has 1 aromatic carbocycles. The van der Waals surface area contributed by atoms with Crippen LogP contribution in [0.25, 0.3) is 0 Å². The second-order valence-corrected chi connectivity index (χ2v) is 3.97. The Morgan fingerprint density at radius 3 is 3.05 bits per heavy atom. The van der Waals surface area contributed by atoms with Crippen LogP contribution in [0.3, 0.4) is 0 Å². The number of ether oxygens (including phenoxy) is 1. The smallest absolute Gasteiger partial charge is 0.262 e. The summed E-state index contributed by atoms with van der Waals surface area (Å²) in [4.78, 5) is 23.1. The topological polar surface area (TPSA) is 96.1 Å². The Morgan fingerprint density at radius 2 is 2.26 bits per heavy atom. The number of amides is 2. The van der Waals surface area contributed by atoms with Crippen molar-refractivity contribution in [2.45, 2.75) is 0 Å². The number of aromatic nitrogens is 2. The molecule has 0 spiro atoms. The zero-order valence-electron chi connectivity index (χ0n) is 9.77. The SMILES string of the molecule is O=C1COc2cc(C(=O)Nc3ccn[nH]3)ccc2N1. The molecule has 0 radical (unpaired) electrons. The van der Waals surface area contributed by atoms with Gasteiger partial charge in [0.05, 0.1) is 11.9 Å². The summed E-state index contributed by atoms with van der Waals surface area (Å²) in [7, 11) is 0. The number of fused-ring (bicyclic) bond motifs is 1. The number of aromatic amines is 1. The minimum Gasteiger partial charge on any atom is -0.482 e. The summed E-state index contributed by atoms with van der Waals surface area (Å²) in [5, 5.41) is 11.7. The van der Waals surface area contributed by atoms with E-state index >= 15 is 0 Å². The second kappa shape index (κ2) is 4.45. The summed E-state index contributed by atoms with van der Waals surface area (Å²) in [5.74, 6) is 0.503. The number of benzene rings is 1. The summed E-state index contributed by atoms with van der Waals surface area (Å²) >= 11 is 0. The second-order valence-electron chi connectivity index (χ2n) is 3.97. The molecule has 0 fully saturated rings. The van der Waals surface area contributed by atoms with E-state index in [1.54, 1.807) is 30.5 Å². The maximum atomic E-state index is 12.0. The molecule has 3 N–H and O–H groups in total. The van der Waals surface area contributed by atoms with Crippen molar-refractivity contribution in [1.82, 2.24) is 10.2 Å². The molecule has 0 bridgehead atoms. The van der Waals surface area contributed by atoms with Crippen LogP contribution in [-0.2, 0) is 4.79 Å². The third kappa shape index (κ3) is 2.25. The van der Waals surface area contributed by atoms with Gasteiger partial charge in [-0.1, -0.05) is 0 Å². The third-order valence-corrected chi connectivity index (χ3v) is 2.63. The van der Waals surface area contributed by atoms with Gasteiger partial charge in [0.2, 0.25) is 0 Å². The number of H-pyrrole nitrogens is 1. The van der Waals surface area contributed by atoms with Crippen molar-refractivity contribution in [3.63, 3.8) is 0 Å². The van der Waals surface area contributed by atoms with Crippen LogP contribution in [0.5, 0.6) is 5.75 Å². The van der Waals surface area contributed by atoms with Crippen molar-refractivity contribution in [3.05, 3.63) is 36.0 Å². The van der Waals surface area contributed by atoms with Gasteiger partial charge in [0.25, 0.3) is 11.8 Å². The van der Waals surface area contributed by atoms with E-state index in [0.717, 1.165) is 0 Å². The average molecular weight is 258 g/mol. The van der Waals surface area contributed by atoms with Crippen LogP contribution in [0.4, 0.5) is 11.5 Å². The van der Waals surface area contributed by atoms with Crippen LogP contribution in [-0.4, -0.2) is 28.6 Å². The molecule has 0 saturated heterocycles. The summed E-state index contributed by atoms with van der Waals surface area (Å²) in [5.41, 5.74) is 0.999. The molecule has 1 aliphatic heterocycles. The molecular formula is C12H10N4O3. The van der Waals surface area contributed by atoms with E-state index in [-0.39, 0.29) is 18.4 Å². The lowest BCUT2D eigenvalue weighted by Crippen LogP contribution is -2.25. The van der Waals surface area contributed by atoms with Crippen LogP contribution in [0.1, 0.15) is 10.4 Å². The molecule has 1 aliphatic rings. The predicted octanol–water partition coefficient (Wildman–Crippen LogP) is 0.993. The Bertz CT molecular complexity index is 636. The van der Waals surface area contributed by atoms with Crippen LogP contribution in [0.15, 0.2) is 30.5 Å². The first kappa shape index (κ1) is 11.3. The van der Waals surface area contributed by atoms with E-state index in [2.05, 4.69) is 20.8 Å². The fraction of sp³-hybridized carbons (Fsp3) is 0.0833. The van der Waals surface area contributed by atoms with Gasteiger partial charge in [0, 0.05) is 11.6 Å². The lowest BCUT2D eigenvalue weighted by Gasteiger charge is -2.18. The molecule has 2 aromatic rings. The largest absolute Gasteiger partial charge is 0.482 e. The zero-order valence-corrected chi connectivity index (χ0v) is 9.77. The quantitative estimate of drug-likeness (QED) is 0.748. The van der Waals surface area contributed by atoms with Gasteiger partial charge in [0.15, 0.2) is 6.61 Å². The van der Waals surface area contributed by atoms with E-state index in [1.165, 1.54) is 0 Å². The molecule has 2 amide bonds. The molecule has 0 aliphatic carbocycles. The average Bonchev–Trinajstić information content (AvgIpc) is 2.91. The molecule has 3 rings (SSSR count). The van der Waals surface area contributed by atoms with E-state index in [4.69, 9.17) is 4.74 Å². The molecule has 7 heteroatoms. The first-order valence-corrected chi connectivity index (χ1v) is 5.60. The highest BCUT2D eigenvalue weighted by Gasteiger charge is 2.17. The minimum absolute atomic E-state index is 0.0430. The Labute approximate surface area is 108 Å². The van der Waals surface area contributed by atoms with E-state index in [0.29, 0.717) is 22.8 Å². The van der Waals surface area contributed by atoms with E-state index < -0.39 is 0 Å². The number of hydrogen-bond acceptors (Lipinski definition) is 4. The Kier molecular flexibility index (Phi) is 2.64. The highest BCUT2D eigenvalue weighted by molar-refractivity contribution is 6.05. The first-order chi connectivity index (χ1) is 9.22. The number of anilines is 2. The lowest BCUT2D eigenvalue weighted by atomic mass is 10.1. The predicted molar refractivity (Wildman–Crippen MR) is 67.1 cm³/mol. The van der Waals surface area contributed by atoms with Crippen LogP contribution >= 0.6 is 0 Å². The van der Waals surface area contributed by atoms with Gasteiger partial charge < -0.3 is 15.4 Å². The molecule has 0 unspecified atom stereocenters. The van der Waals surface area contributed by atoms with Crippen molar-refractivity contribution in [2.24, 2.45) is 0 Å². The lowest BCUT2D eigenvalue weighted by molar-refractivity contribution is -0.118. The Hall–Kier alpha value is -2.83. The van der Waals surface area contributed by atoms with Crippen molar-refractivity contribution in [3.8, 4) is 5.75 Å². The summed E-state index contributed by atoms with van der Waals surface area (Å²) in [6.07, 6.45) is 1.54. The first-order valence-electron chi connectivity index (χ1n) is 5.60. The highest BCUT2D eigenvalue weighted by Crippen LogP contribution is 2.28. The highest BCUT2D eigenvalue weighted by atomic mass is 16.5. The molecular weight excluding hydrogens is 248 g/mol. The van der Waals surface area contributed by atoms with Gasteiger partial charge in [0.1, 0.15) is 11.6 Å². The number of hydrogen-bond donors (Lipinski definition) is 3. The third-order valence-electron chi connectivity index (χ3n) is 2.63. The summed E-state index contributed by atoms with van der Waals surface area (Å²) in [6.45, 7) is -0.0430.